The third kappa shape index (κ3) is 2.77. The summed E-state index contributed by atoms with van der Waals surface area (Å²) in [4.78, 5) is 2.76. The lowest BCUT2D eigenvalue weighted by molar-refractivity contribution is -0.0878. The number of hydrogen-bond donors (Lipinski definition) is 1. The fourth-order valence-corrected chi connectivity index (χ4v) is 4.99. The molecule has 0 amide bonds. The van der Waals surface area contributed by atoms with E-state index in [9.17, 15) is 0 Å². The highest BCUT2D eigenvalue weighted by molar-refractivity contribution is 5.03. The Morgan fingerprint density at radius 3 is 2.45 bits per heavy atom. The second kappa shape index (κ2) is 4.96. The van der Waals surface area contributed by atoms with Crippen LogP contribution in [0.25, 0.3) is 0 Å². The molecular weight excluding hydrogens is 248 g/mol. The maximum absolute atomic E-state index is 6.32. The summed E-state index contributed by atoms with van der Waals surface area (Å²) in [7, 11) is 0. The van der Waals surface area contributed by atoms with Crippen LogP contribution < -0.4 is 5.32 Å². The number of ether oxygens (including phenoxy) is 1. The highest BCUT2D eigenvalue weighted by Gasteiger charge is 2.50. The Morgan fingerprint density at radius 2 is 1.85 bits per heavy atom. The fraction of sp³-hybridized carbons (Fsp3) is 1.00. The van der Waals surface area contributed by atoms with E-state index < -0.39 is 0 Å². The summed E-state index contributed by atoms with van der Waals surface area (Å²) in [5, 5.41) is 3.64. The van der Waals surface area contributed by atoms with Crippen LogP contribution in [0.1, 0.15) is 59.8 Å². The van der Waals surface area contributed by atoms with E-state index in [1.165, 1.54) is 58.3 Å². The molecule has 1 N–H and O–H groups in total. The van der Waals surface area contributed by atoms with E-state index >= 15 is 0 Å². The van der Waals surface area contributed by atoms with Gasteiger partial charge in [-0.25, -0.2) is 0 Å². The summed E-state index contributed by atoms with van der Waals surface area (Å²) >= 11 is 0. The van der Waals surface area contributed by atoms with Gasteiger partial charge in [-0.2, -0.15) is 0 Å². The Kier molecular flexibility index (Phi) is 3.67. The Morgan fingerprint density at radius 1 is 1.10 bits per heavy atom. The van der Waals surface area contributed by atoms with E-state index in [1.54, 1.807) is 0 Å². The molecule has 0 aromatic rings. The minimum Gasteiger partial charge on any atom is -0.368 e. The molecular formula is C17H32N2O. The number of likely N-dealkylation sites (tertiary alicyclic amines) is 1. The molecule has 0 bridgehead atoms. The van der Waals surface area contributed by atoms with Crippen LogP contribution in [0.3, 0.4) is 0 Å². The van der Waals surface area contributed by atoms with Crippen molar-refractivity contribution in [3.8, 4) is 0 Å². The molecule has 116 valence electrons. The average molecular weight is 280 g/mol. The third-order valence-electron chi connectivity index (χ3n) is 5.72. The number of rotatable bonds is 1. The number of piperidine rings is 2. The van der Waals surface area contributed by atoms with Crippen molar-refractivity contribution < 1.29 is 4.74 Å². The van der Waals surface area contributed by atoms with E-state index in [4.69, 9.17) is 4.74 Å². The average Bonchev–Trinajstić information content (AvgIpc) is 2.58. The van der Waals surface area contributed by atoms with Crippen molar-refractivity contribution in [1.82, 2.24) is 10.2 Å². The first-order valence-electron chi connectivity index (χ1n) is 8.47. The topological polar surface area (TPSA) is 24.5 Å². The highest BCUT2D eigenvalue weighted by atomic mass is 16.5. The van der Waals surface area contributed by atoms with Crippen LogP contribution in [0, 0.1) is 5.41 Å². The van der Waals surface area contributed by atoms with Crippen LogP contribution in [0.4, 0.5) is 0 Å². The third-order valence-corrected chi connectivity index (χ3v) is 5.72. The lowest BCUT2D eigenvalue weighted by Crippen LogP contribution is -2.56. The predicted octanol–water partition coefficient (Wildman–Crippen LogP) is 2.80. The van der Waals surface area contributed by atoms with Gasteiger partial charge in [-0.05, 0) is 78.3 Å². The molecule has 3 heterocycles. The van der Waals surface area contributed by atoms with Gasteiger partial charge in [0, 0.05) is 19.1 Å². The van der Waals surface area contributed by atoms with Crippen molar-refractivity contribution in [2.75, 3.05) is 26.2 Å². The van der Waals surface area contributed by atoms with E-state index in [0.717, 1.165) is 0 Å². The summed E-state index contributed by atoms with van der Waals surface area (Å²) in [5.74, 6) is 0. The van der Waals surface area contributed by atoms with Gasteiger partial charge in [0.05, 0.1) is 11.2 Å². The molecule has 2 atom stereocenters. The number of hydrogen-bond acceptors (Lipinski definition) is 3. The van der Waals surface area contributed by atoms with Crippen LogP contribution in [0.15, 0.2) is 0 Å². The van der Waals surface area contributed by atoms with Crippen LogP contribution in [-0.4, -0.2) is 48.3 Å². The SMILES string of the molecule is CC1(C)CC(N2CCCC3(CCCNC3)C2)C(C)(C)O1. The maximum atomic E-state index is 6.32. The Bertz CT molecular complexity index is 352. The molecule has 3 aliphatic heterocycles. The Hall–Kier alpha value is -0.120. The van der Waals surface area contributed by atoms with Crippen molar-refractivity contribution in [1.29, 1.82) is 0 Å². The molecule has 20 heavy (non-hydrogen) atoms. The predicted molar refractivity (Wildman–Crippen MR) is 83.0 cm³/mol. The van der Waals surface area contributed by atoms with Crippen LogP contribution in [-0.2, 0) is 4.74 Å². The van der Waals surface area contributed by atoms with Gasteiger partial charge < -0.3 is 10.1 Å². The first-order chi connectivity index (χ1) is 9.32. The molecule has 3 nitrogen and oxygen atoms in total. The molecule has 3 saturated heterocycles. The van der Waals surface area contributed by atoms with Crippen LogP contribution in [0.5, 0.6) is 0 Å². The van der Waals surface area contributed by atoms with Gasteiger partial charge in [0.1, 0.15) is 0 Å². The molecule has 3 aliphatic rings. The fourth-order valence-electron chi connectivity index (χ4n) is 4.99. The number of nitrogens with zero attached hydrogens (tertiary/aromatic N) is 1. The summed E-state index contributed by atoms with van der Waals surface area (Å²) in [5.41, 5.74) is 0.563. The van der Waals surface area contributed by atoms with Gasteiger partial charge in [0.2, 0.25) is 0 Å². The van der Waals surface area contributed by atoms with Gasteiger partial charge in [-0.1, -0.05) is 0 Å². The first kappa shape index (κ1) is 14.8. The van der Waals surface area contributed by atoms with E-state index in [-0.39, 0.29) is 11.2 Å². The molecule has 0 saturated carbocycles. The smallest absolute Gasteiger partial charge is 0.0789 e. The zero-order chi connectivity index (χ0) is 14.4. The number of nitrogens with one attached hydrogen (secondary N) is 1. The molecule has 0 aliphatic carbocycles. The zero-order valence-electron chi connectivity index (χ0n) is 13.8. The van der Waals surface area contributed by atoms with E-state index in [0.29, 0.717) is 11.5 Å². The van der Waals surface area contributed by atoms with Crippen molar-refractivity contribution in [2.45, 2.75) is 77.0 Å². The maximum Gasteiger partial charge on any atom is 0.0789 e. The molecule has 3 heteroatoms. The zero-order valence-corrected chi connectivity index (χ0v) is 13.8. The monoisotopic (exact) mass is 280 g/mol. The highest BCUT2D eigenvalue weighted by Crippen LogP contribution is 2.44. The second-order valence-electron chi connectivity index (χ2n) is 8.54. The van der Waals surface area contributed by atoms with Crippen LogP contribution in [0.2, 0.25) is 0 Å². The molecule has 3 fully saturated rings. The molecule has 0 aromatic heterocycles. The second-order valence-corrected chi connectivity index (χ2v) is 8.54. The van der Waals surface area contributed by atoms with Crippen molar-refractivity contribution in [3.63, 3.8) is 0 Å². The lowest BCUT2D eigenvalue weighted by Gasteiger charge is -2.49. The minimum absolute atomic E-state index is 0.00980. The summed E-state index contributed by atoms with van der Waals surface area (Å²) in [6, 6.07) is 0.580. The summed E-state index contributed by atoms with van der Waals surface area (Å²) in [6.07, 6.45) is 6.70. The van der Waals surface area contributed by atoms with E-state index in [1.807, 2.05) is 0 Å². The molecule has 1 spiro atoms. The normalized spacial score (nSPS) is 41.1. The standard InChI is InChI=1S/C17H32N2O/c1-15(2)11-14(16(3,4)20-15)19-10-6-8-17(13-19)7-5-9-18-12-17/h14,18H,5-13H2,1-4H3. The summed E-state index contributed by atoms with van der Waals surface area (Å²) < 4.78 is 6.32. The van der Waals surface area contributed by atoms with Gasteiger partial charge in [-0.3, -0.25) is 4.90 Å². The first-order valence-corrected chi connectivity index (χ1v) is 8.47. The minimum atomic E-state index is -0.00980. The van der Waals surface area contributed by atoms with Crippen molar-refractivity contribution >= 4 is 0 Å². The molecule has 0 radical (unpaired) electrons. The van der Waals surface area contributed by atoms with Crippen molar-refractivity contribution in [2.24, 2.45) is 5.41 Å². The Labute approximate surface area is 124 Å². The van der Waals surface area contributed by atoms with Gasteiger partial charge in [0.15, 0.2) is 0 Å². The van der Waals surface area contributed by atoms with Crippen LogP contribution >= 0.6 is 0 Å². The largest absolute Gasteiger partial charge is 0.368 e. The van der Waals surface area contributed by atoms with Gasteiger partial charge in [0.25, 0.3) is 0 Å². The van der Waals surface area contributed by atoms with Gasteiger partial charge in [-0.15, -0.1) is 0 Å². The van der Waals surface area contributed by atoms with Crippen molar-refractivity contribution in [3.05, 3.63) is 0 Å². The quantitative estimate of drug-likeness (QED) is 0.799. The molecule has 3 rings (SSSR count). The molecule has 0 aromatic carbocycles. The molecule has 2 unspecified atom stereocenters. The lowest BCUT2D eigenvalue weighted by atomic mass is 9.73. The Balaban J connectivity index is 1.73. The van der Waals surface area contributed by atoms with Gasteiger partial charge >= 0.3 is 0 Å². The van der Waals surface area contributed by atoms with E-state index in [2.05, 4.69) is 37.9 Å². The summed E-state index contributed by atoms with van der Waals surface area (Å²) in [6.45, 7) is 14.0.